The fraction of sp³-hybridized carbons (Fsp3) is 0.600. The lowest BCUT2D eigenvalue weighted by Crippen LogP contribution is -2.59. The second kappa shape index (κ2) is 6.53. The van der Waals surface area contributed by atoms with E-state index in [1.54, 1.807) is 12.3 Å². The molecular weight excluding hydrogens is 360 g/mol. The first kappa shape index (κ1) is 19.0. The summed E-state index contributed by atoms with van der Waals surface area (Å²) in [6.45, 7) is 4.68. The van der Waals surface area contributed by atoms with Gasteiger partial charge in [-0.3, -0.25) is 9.78 Å². The lowest BCUT2D eigenvalue weighted by Gasteiger charge is -2.59. The van der Waals surface area contributed by atoms with Gasteiger partial charge in [-0.1, -0.05) is 32.1 Å². The molecule has 1 aliphatic heterocycles. The molecule has 0 unspecified atom stereocenters. The fourth-order valence-corrected chi connectivity index (χ4v) is 7.41. The Morgan fingerprint density at radius 2 is 2.07 bits per heavy atom. The summed E-state index contributed by atoms with van der Waals surface area (Å²) in [6.07, 6.45) is 14.9. The third-order valence-electron chi connectivity index (χ3n) is 9.03. The number of amides is 1. The zero-order valence-corrected chi connectivity index (χ0v) is 17.7. The Morgan fingerprint density at radius 3 is 2.83 bits per heavy atom. The highest BCUT2D eigenvalue weighted by molar-refractivity contribution is 5.89. The topological polar surface area (TPSA) is 53.4 Å². The highest BCUT2D eigenvalue weighted by Gasteiger charge is 2.61. The van der Waals surface area contributed by atoms with E-state index in [2.05, 4.69) is 37.0 Å². The monoisotopic (exact) mass is 392 g/mol. The molecular formula is C25H32N2O2. The molecule has 0 aromatic carbocycles. The molecule has 2 heterocycles. The number of rotatable bonds is 1. The summed E-state index contributed by atoms with van der Waals surface area (Å²) in [5.74, 6) is 1.84. The summed E-state index contributed by atoms with van der Waals surface area (Å²) in [7, 11) is 1.97. The summed E-state index contributed by atoms with van der Waals surface area (Å²) in [6, 6.07) is 4.32. The minimum absolute atomic E-state index is 0.0431. The van der Waals surface area contributed by atoms with Gasteiger partial charge < -0.3 is 10.0 Å². The van der Waals surface area contributed by atoms with E-state index < -0.39 is 0 Å². The van der Waals surface area contributed by atoms with E-state index in [1.807, 2.05) is 24.2 Å². The molecule has 7 atom stereocenters. The van der Waals surface area contributed by atoms with Crippen molar-refractivity contribution < 1.29 is 9.90 Å². The van der Waals surface area contributed by atoms with E-state index >= 15 is 0 Å². The van der Waals surface area contributed by atoms with Gasteiger partial charge >= 0.3 is 0 Å². The van der Waals surface area contributed by atoms with Crippen molar-refractivity contribution in [1.29, 1.82) is 0 Å². The summed E-state index contributed by atoms with van der Waals surface area (Å²) < 4.78 is 0. The Labute approximate surface area is 173 Å². The molecule has 3 aliphatic carbocycles. The first-order valence-corrected chi connectivity index (χ1v) is 11.1. The molecule has 5 rings (SSSR count). The van der Waals surface area contributed by atoms with Crippen molar-refractivity contribution in [3.63, 3.8) is 0 Å². The van der Waals surface area contributed by atoms with Gasteiger partial charge in [-0.15, -0.1) is 0 Å². The average molecular weight is 393 g/mol. The van der Waals surface area contributed by atoms with Crippen LogP contribution >= 0.6 is 0 Å². The lowest BCUT2D eigenvalue weighted by atomic mass is 9.48. The quantitative estimate of drug-likeness (QED) is 0.784. The number of aromatic nitrogens is 1. The average Bonchev–Trinajstić information content (AvgIpc) is 2.97. The first-order valence-electron chi connectivity index (χ1n) is 11.1. The molecule has 154 valence electrons. The van der Waals surface area contributed by atoms with E-state index in [9.17, 15) is 9.90 Å². The van der Waals surface area contributed by atoms with Crippen LogP contribution in [0.25, 0.3) is 6.08 Å². The van der Waals surface area contributed by atoms with Crippen LogP contribution in [0.1, 0.15) is 51.5 Å². The van der Waals surface area contributed by atoms with Crippen LogP contribution in [0, 0.1) is 28.6 Å². The van der Waals surface area contributed by atoms with Crippen molar-refractivity contribution in [2.45, 2.75) is 58.1 Å². The van der Waals surface area contributed by atoms with Gasteiger partial charge in [0.05, 0.1) is 6.10 Å². The van der Waals surface area contributed by atoms with Crippen molar-refractivity contribution in [1.82, 2.24) is 9.88 Å². The van der Waals surface area contributed by atoms with Gasteiger partial charge in [-0.05, 0) is 73.1 Å². The third kappa shape index (κ3) is 2.68. The van der Waals surface area contributed by atoms with Crippen molar-refractivity contribution in [3.8, 4) is 0 Å². The number of likely N-dealkylation sites (N-methyl/N-ethyl adjacent to an activating group) is 1. The van der Waals surface area contributed by atoms with E-state index in [0.717, 1.165) is 37.7 Å². The summed E-state index contributed by atoms with van der Waals surface area (Å²) in [4.78, 5) is 18.4. The number of hydrogen-bond acceptors (Lipinski definition) is 3. The first-order chi connectivity index (χ1) is 13.8. The Bertz CT molecular complexity index is 878. The van der Waals surface area contributed by atoms with E-state index in [4.69, 9.17) is 0 Å². The van der Waals surface area contributed by atoms with Crippen LogP contribution < -0.4 is 0 Å². The zero-order valence-electron chi connectivity index (χ0n) is 17.7. The van der Waals surface area contributed by atoms with Crippen molar-refractivity contribution >= 4 is 12.0 Å². The predicted molar refractivity (Wildman–Crippen MR) is 114 cm³/mol. The van der Waals surface area contributed by atoms with Crippen LogP contribution in [0.15, 0.2) is 42.3 Å². The Hall–Kier alpha value is -1.94. The van der Waals surface area contributed by atoms with Crippen LogP contribution in [-0.4, -0.2) is 40.1 Å². The zero-order chi connectivity index (χ0) is 20.4. The maximum absolute atomic E-state index is 12.2. The fourth-order valence-electron chi connectivity index (χ4n) is 7.41. The molecule has 1 aromatic heterocycles. The number of aliphatic hydroxyl groups is 1. The molecule has 3 fully saturated rings. The molecule has 0 saturated heterocycles. The number of carbonyl (C=O) groups is 1. The van der Waals surface area contributed by atoms with Crippen molar-refractivity contribution in [3.05, 3.63) is 47.8 Å². The van der Waals surface area contributed by atoms with Crippen molar-refractivity contribution in [2.75, 3.05) is 7.05 Å². The van der Waals surface area contributed by atoms with Crippen LogP contribution in [0.3, 0.4) is 0 Å². The van der Waals surface area contributed by atoms with Gasteiger partial charge in [0.2, 0.25) is 5.91 Å². The molecule has 29 heavy (non-hydrogen) atoms. The van der Waals surface area contributed by atoms with Crippen LogP contribution in [0.4, 0.5) is 0 Å². The third-order valence-corrected chi connectivity index (χ3v) is 9.03. The molecule has 4 aliphatic rings. The highest BCUT2D eigenvalue weighted by atomic mass is 16.3. The molecule has 1 amide bonds. The van der Waals surface area contributed by atoms with Crippen LogP contribution in [0.2, 0.25) is 0 Å². The number of pyridine rings is 1. The molecule has 1 N–H and O–H groups in total. The van der Waals surface area contributed by atoms with E-state index in [-0.39, 0.29) is 22.8 Å². The molecule has 4 heteroatoms. The number of aliphatic hydroxyl groups excluding tert-OH is 1. The van der Waals surface area contributed by atoms with E-state index in [1.165, 1.54) is 5.57 Å². The maximum atomic E-state index is 12.2. The normalized spacial score (nSPS) is 45.1. The SMILES string of the molecule is CN1C(=O)C=C[C@]2(C)[C@H]3CC[C@]4(C)[C@@H](O)C(=Cc5cccnc5)C[C@H]4[C@@H]3CC[C@@H]12. The Morgan fingerprint density at radius 1 is 1.24 bits per heavy atom. The van der Waals surface area contributed by atoms with Crippen LogP contribution in [-0.2, 0) is 4.79 Å². The molecule has 0 spiro atoms. The smallest absolute Gasteiger partial charge is 0.246 e. The predicted octanol–water partition coefficient (Wildman–Crippen LogP) is 4.08. The number of nitrogens with zero attached hydrogens (tertiary/aromatic N) is 2. The van der Waals surface area contributed by atoms with E-state index in [0.29, 0.717) is 23.8 Å². The molecule has 3 saturated carbocycles. The van der Waals surface area contributed by atoms with Gasteiger partial charge in [0.25, 0.3) is 0 Å². The number of carbonyl (C=O) groups excluding carboxylic acids is 1. The van der Waals surface area contributed by atoms with Gasteiger partial charge in [0.15, 0.2) is 0 Å². The molecule has 0 radical (unpaired) electrons. The Kier molecular flexibility index (Phi) is 4.29. The van der Waals surface area contributed by atoms with Gasteiger partial charge in [-0.2, -0.15) is 0 Å². The summed E-state index contributed by atoms with van der Waals surface area (Å²) in [5, 5.41) is 11.3. The van der Waals surface area contributed by atoms with Gasteiger partial charge in [0, 0.05) is 36.3 Å². The molecule has 0 bridgehead atoms. The number of hydrogen-bond donors (Lipinski definition) is 1. The lowest BCUT2D eigenvalue weighted by molar-refractivity contribution is -0.140. The van der Waals surface area contributed by atoms with Gasteiger partial charge in [-0.25, -0.2) is 0 Å². The van der Waals surface area contributed by atoms with Gasteiger partial charge in [0.1, 0.15) is 0 Å². The van der Waals surface area contributed by atoms with Crippen molar-refractivity contribution in [2.24, 2.45) is 28.6 Å². The molecule has 1 aromatic rings. The largest absolute Gasteiger partial charge is 0.388 e. The summed E-state index contributed by atoms with van der Waals surface area (Å²) >= 11 is 0. The molecule has 4 nitrogen and oxygen atoms in total. The minimum Gasteiger partial charge on any atom is -0.388 e. The second-order valence-electron chi connectivity index (χ2n) is 10.3. The highest BCUT2D eigenvalue weighted by Crippen LogP contribution is 2.64. The number of fused-ring (bicyclic) bond motifs is 5. The summed E-state index contributed by atoms with van der Waals surface area (Å²) in [5.41, 5.74) is 2.25. The Balaban J connectivity index is 1.48. The standard InChI is InChI=1S/C25H32N2O2/c1-24-11-9-22(28)27(3)21(24)7-6-18-19(24)8-10-25(2)20(18)14-17(23(25)29)13-16-5-4-12-26-15-16/h4-5,9,11-13,15,18-21,23,29H,6-8,10,14H2,1-3H3/t18-,19+,20+,21-,23+,24-,25+/m1/s1. The second-order valence-corrected chi connectivity index (χ2v) is 10.3. The maximum Gasteiger partial charge on any atom is 0.246 e. The minimum atomic E-state index is -0.370. The van der Waals surface area contributed by atoms with Crippen LogP contribution in [0.5, 0.6) is 0 Å².